The van der Waals surface area contributed by atoms with Gasteiger partial charge in [-0.05, 0) is 23.6 Å². The Morgan fingerprint density at radius 3 is 3.12 bits per heavy atom. The molecule has 1 aliphatic rings. The van der Waals surface area contributed by atoms with Crippen molar-refractivity contribution in [2.75, 3.05) is 20.2 Å². The van der Waals surface area contributed by atoms with Gasteiger partial charge in [-0.25, -0.2) is 4.79 Å². The van der Waals surface area contributed by atoms with Crippen LogP contribution >= 0.6 is 11.6 Å². The smallest absolute Gasteiger partial charge is 0.407 e. The predicted molar refractivity (Wildman–Crippen MR) is 64.5 cm³/mol. The number of carboxylic acid groups (broad SMARTS) is 1. The molecule has 0 saturated carbocycles. The van der Waals surface area contributed by atoms with Gasteiger partial charge in [0.05, 0.1) is 13.2 Å². The van der Waals surface area contributed by atoms with Crippen molar-refractivity contribution >= 4 is 17.7 Å². The summed E-state index contributed by atoms with van der Waals surface area (Å²) in [7, 11) is 1.53. The van der Waals surface area contributed by atoms with E-state index in [0.717, 1.165) is 22.6 Å². The number of carbonyl (C=O) groups is 1. The second-order valence-corrected chi connectivity index (χ2v) is 4.49. The summed E-state index contributed by atoms with van der Waals surface area (Å²) in [5.74, 6) is 0. The standard InChI is InChI=1S/C12H14ClNO3/c1-14(12(15)16)7-11-9-3-2-4-10(13)8(9)5-6-17-11/h2-4,11H,5-7H2,1H3,(H,15,16). The Morgan fingerprint density at radius 1 is 1.65 bits per heavy atom. The fraction of sp³-hybridized carbons (Fsp3) is 0.417. The van der Waals surface area contributed by atoms with Crippen molar-refractivity contribution in [3.05, 3.63) is 34.3 Å². The third-order valence-electron chi connectivity index (χ3n) is 2.94. The Hall–Kier alpha value is -1.26. The highest BCUT2D eigenvalue weighted by Gasteiger charge is 2.24. The molecule has 0 aromatic heterocycles. The number of amides is 1. The molecule has 1 atom stereocenters. The van der Waals surface area contributed by atoms with E-state index in [1.165, 1.54) is 11.9 Å². The van der Waals surface area contributed by atoms with Crippen LogP contribution in [-0.4, -0.2) is 36.3 Å². The molecule has 1 heterocycles. The maximum atomic E-state index is 10.8. The number of nitrogens with zero attached hydrogens (tertiary/aromatic N) is 1. The summed E-state index contributed by atoms with van der Waals surface area (Å²) < 4.78 is 5.62. The highest BCUT2D eigenvalue weighted by atomic mass is 35.5. The first-order valence-corrected chi connectivity index (χ1v) is 5.80. The predicted octanol–water partition coefficient (Wildman–Crippen LogP) is 2.56. The van der Waals surface area contributed by atoms with E-state index in [1.807, 2.05) is 18.2 Å². The molecular formula is C12H14ClNO3. The molecule has 1 aromatic carbocycles. The van der Waals surface area contributed by atoms with Crippen molar-refractivity contribution in [2.45, 2.75) is 12.5 Å². The van der Waals surface area contributed by atoms with Crippen molar-refractivity contribution in [1.82, 2.24) is 4.90 Å². The van der Waals surface area contributed by atoms with E-state index in [0.29, 0.717) is 13.2 Å². The Labute approximate surface area is 105 Å². The molecule has 1 aliphatic heterocycles. The molecule has 1 aromatic rings. The van der Waals surface area contributed by atoms with Gasteiger partial charge in [-0.2, -0.15) is 0 Å². The second-order valence-electron chi connectivity index (χ2n) is 4.08. The zero-order chi connectivity index (χ0) is 12.4. The van der Waals surface area contributed by atoms with Gasteiger partial charge in [-0.1, -0.05) is 23.7 Å². The lowest BCUT2D eigenvalue weighted by atomic mass is 9.97. The minimum absolute atomic E-state index is 0.224. The van der Waals surface area contributed by atoms with Crippen molar-refractivity contribution in [3.63, 3.8) is 0 Å². The fourth-order valence-corrected chi connectivity index (χ4v) is 2.29. The maximum Gasteiger partial charge on any atom is 0.407 e. The first-order valence-electron chi connectivity index (χ1n) is 5.42. The van der Waals surface area contributed by atoms with Crippen LogP contribution in [0.2, 0.25) is 5.02 Å². The van der Waals surface area contributed by atoms with Crippen LogP contribution in [0, 0.1) is 0 Å². The van der Waals surface area contributed by atoms with E-state index in [-0.39, 0.29) is 6.10 Å². The largest absolute Gasteiger partial charge is 0.465 e. The third kappa shape index (κ3) is 2.53. The molecule has 0 radical (unpaired) electrons. The quantitative estimate of drug-likeness (QED) is 0.884. The molecular weight excluding hydrogens is 242 g/mol. The molecule has 92 valence electrons. The molecule has 0 bridgehead atoms. The van der Waals surface area contributed by atoms with Crippen molar-refractivity contribution in [1.29, 1.82) is 0 Å². The normalized spacial score (nSPS) is 18.6. The van der Waals surface area contributed by atoms with Gasteiger partial charge in [0.25, 0.3) is 0 Å². The van der Waals surface area contributed by atoms with Crippen molar-refractivity contribution < 1.29 is 14.6 Å². The van der Waals surface area contributed by atoms with Gasteiger partial charge in [0.2, 0.25) is 0 Å². The molecule has 5 heteroatoms. The van der Waals surface area contributed by atoms with Gasteiger partial charge in [-0.15, -0.1) is 0 Å². The lowest BCUT2D eigenvalue weighted by Crippen LogP contribution is -2.32. The number of likely N-dealkylation sites (N-methyl/N-ethyl adjacent to an activating group) is 1. The van der Waals surface area contributed by atoms with Crippen LogP contribution in [0.5, 0.6) is 0 Å². The third-order valence-corrected chi connectivity index (χ3v) is 3.29. The van der Waals surface area contributed by atoms with E-state index in [4.69, 9.17) is 21.4 Å². The maximum absolute atomic E-state index is 10.8. The monoisotopic (exact) mass is 255 g/mol. The minimum Gasteiger partial charge on any atom is -0.465 e. The highest BCUT2D eigenvalue weighted by Crippen LogP contribution is 2.32. The summed E-state index contributed by atoms with van der Waals surface area (Å²) >= 11 is 6.12. The summed E-state index contributed by atoms with van der Waals surface area (Å²) in [5, 5.41) is 9.59. The van der Waals surface area contributed by atoms with Gasteiger partial charge >= 0.3 is 6.09 Å². The molecule has 17 heavy (non-hydrogen) atoms. The lowest BCUT2D eigenvalue weighted by molar-refractivity contribution is 0.0224. The van der Waals surface area contributed by atoms with Crippen LogP contribution < -0.4 is 0 Å². The van der Waals surface area contributed by atoms with Gasteiger partial charge in [0.1, 0.15) is 6.10 Å². The Morgan fingerprint density at radius 2 is 2.41 bits per heavy atom. The summed E-state index contributed by atoms with van der Waals surface area (Å²) in [6, 6.07) is 5.66. The lowest BCUT2D eigenvalue weighted by Gasteiger charge is -2.29. The van der Waals surface area contributed by atoms with E-state index >= 15 is 0 Å². The minimum atomic E-state index is -0.956. The van der Waals surface area contributed by atoms with E-state index in [9.17, 15) is 4.79 Å². The van der Waals surface area contributed by atoms with Crippen LogP contribution in [0.3, 0.4) is 0 Å². The average molecular weight is 256 g/mol. The molecule has 4 nitrogen and oxygen atoms in total. The van der Waals surface area contributed by atoms with Crippen LogP contribution in [0.4, 0.5) is 4.79 Å². The van der Waals surface area contributed by atoms with E-state index in [1.54, 1.807) is 0 Å². The zero-order valence-electron chi connectivity index (χ0n) is 9.52. The SMILES string of the molecule is CN(CC1OCCc2c(Cl)cccc21)C(=O)O. The Kier molecular flexibility index (Phi) is 3.54. The number of halogens is 1. The van der Waals surface area contributed by atoms with E-state index < -0.39 is 6.09 Å². The van der Waals surface area contributed by atoms with Crippen molar-refractivity contribution in [3.8, 4) is 0 Å². The first-order chi connectivity index (χ1) is 8.09. The molecule has 1 amide bonds. The fourth-order valence-electron chi connectivity index (χ4n) is 2.01. The summed E-state index contributed by atoms with van der Waals surface area (Å²) in [6.07, 6.45) is -0.399. The highest BCUT2D eigenvalue weighted by molar-refractivity contribution is 6.31. The van der Waals surface area contributed by atoms with Crippen molar-refractivity contribution in [2.24, 2.45) is 0 Å². The first kappa shape index (κ1) is 12.2. The number of hydrogen-bond donors (Lipinski definition) is 1. The Bertz CT molecular complexity index is 436. The number of fused-ring (bicyclic) bond motifs is 1. The average Bonchev–Trinajstić information content (AvgIpc) is 2.30. The molecule has 0 aliphatic carbocycles. The molecule has 0 saturated heterocycles. The molecule has 1 unspecified atom stereocenters. The molecule has 0 spiro atoms. The number of rotatable bonds is 2. The molecule has 1 N–H and O–H groups in total. The van der Waals surface area contributed by atoms with E-state index in [2.05, 4.69) is 0 Å². The van der Waals surface area contributed by atoms with Crippen LogP contribution in [0.25, 0.3) is 0 Å². The molecule has 2 rings (SSSR count). The zero-order valence-corrected chi connectivity index (χ0v) is 10.3. The summed E-state index contributed by atoms with van der Waals surface area (Å²) in [6.45, 7) is 0.900. The van der Waals surface area contributed by atoms with Gasteiger partial charge in [0.15, 0.2) is 0 Å². The van der Waals surface area contributed by atoms with Gasteiger partial charge in [0, 0.05) is 12.1 Å². The Balaban J connectivity index is 2.23. The van der Waals surface area contributed by atoms with Crippen LogP contribution in [0.15, 0.2) is 18.2 Å². The number of hydrogen-bond acceptors (Lipinski definition) is 2. The second kappa shape index (κ2) is 4.94. The molecule has 0 fully saturated rings. The van der Waals surface area contributed by atoms with Crippen LogP contribution in [0.1, 0.15) is 17.2 Å². The topological polar surface area (TPSA) is 49.8 Å². The summed E-state index contributed by atoms with van der Waals surface area (Å²) in [5.41, 5.74) is 2.07. The number of benzene rings is 1. The van der Waals surface area contributed by atoms with Gasteiger partial charge < -0.3 is 14.7 Å². The summed E-state index contributed by atoms with van der Waals surface area (Å²) in [4.78, 5) is 12.0. The van der Waals surface area contributed by atoms with Gasteiger partial charge in [-0.3, -0.25) is 0 Å². The van der Waals surface area contributed by atoms with Crippen LogP contribution in [-0.2, 0) is 11.2 Å². The number of ether oxygens (including phenoxy) is 1.